The molecule has 3 aromatic heterocycles. The number of rotatable bonds is 6. The summed E-state index contributed by atoms with van der Waals surface area (Å²) in [6.45, 7) is 0. The first-order valence-electron chi connectivity index (χ1n) is 21.3. The minimum Gasteiger partial charge on any atom is -0.456 e. The van der Waals surface area contributed by atoms with E-state index in [1.165, 1.54) is 43.3 Å². The Kier molecular flexibility index (Phi) is 7.96. The molecule has 0 amide bonds. The number of benzene rings is 9. The van der Waals surface area contributed by atoms with Gasteiger partial charge < -0.3 is 4.42 Å². The molecule has 0 aliphatic heterocycles. The lowest BCUT2D eigenvalue weighted by molar-refractivity contribution is 0.669. The zero-order valence-electron chi connectivity index (χ0n) is 33.9. The summed E-state index contributed by atoms with van der Waals surface area (Å²) in [5, 5.41) is 4.57. The molecule has 0 fully saturated rings. The van der Waals surface area contributed by atoms with Crippen LogP contribution in [0.4, 0.5) is 0 Å². The topological polar surface area (TPSA) is 51.8 Å². The van der Waals surface area contributed by atoms with Crippen molar-refractivity contribution in [3.63, 3.8) is 0 Å². The fourth-order valence-electron chi connectivity index (χ4n) is 10.3. The molecular formula is C58H35N3OS. The monoisotopic (exact) mass is 821 g/mol. The van der Waals surface area contributed by atoms with E-state index in [0.29, 0.717) is 17.5 Å². The van der Waals surface area contributed by atoms with Gasteiger partial charge in [0.2, 0.25) is 0 Å². The Balaban J connectivity index is 1.11. The highest BCUT2D eigenvalue weighted by Crippen LogP contribution is 2.58. The summed E-state index contributed by atoms with van der Waals surface area (Å²) in [6.07, 6.45) is 0. The van der Waals surface area contributed by atoms with Crippen LogP contribution in [0.5, 0.6) is 0 Å². The van der Waals surface area contributed by atoms with Crippen molar-refractivity contribution in [2.75, 3.05) is 0 Å². The molecule has 13 rings (SSSR count). The molecule has 294 valence electrons. The molecule has 3 heterocycles. The summed E-state index contributed by atoms with van der Waals surface area (Å²) in [4.78, 5) is 16.5. The second kappa shape index (κ2) is 14.0. The van der Waals surface area contributed by atoms with E-state index in [1.807, 2.05) is 18.2 Å². The standard InChI is InChI=1S/C58H35N3OS/c1-3-18-36(19-4-1)58(37-20-5-2-6-21-37)47-31-12-9-25-43(47)52-45(29-16-32-48(52)58)56-59-55(60-57(61-56)46-30-15-28-41-39-23-11-14-35-51(39)63-54(41)46)42-24-8-7-22-38(42)40-27-17-34-50-53(40)44-26-10-13-33-49(44)62-50/h1-35H. The highest BCUT2D eigenvalue weighted by atomic mass is 32.1. The predicted molar refractivity (Wildman–Crippen MR) is 259 cm³/mol. The first-order chi connectivity index (χ1) is 31.3. The fourth-order valence-corrected chi connectivity index (χ4v) is 11.5. The molecule has 0 atom stereocenters. The van der Waals surface area contributed by atoms with E-state index < -0.39 is 5.41 Å². The van der Waals surface area contributed by atoms with Crippen LogP contribution in [-0.2, 0) is 5.41 Å². The fraction of sp³-hybridized carbons (Fsp3) is 0.0172. The van der Waals surface area contributed by atoms with E-state index in [1.54, 1.807) is 11.3 Å². The summed E-state index contributed by atoms with van der Waals surface area (Å²) in [5.41, 5.74) is 13.2. The molecule has 0 spiro atoms. The number of nitrogens with zero attached hydrogens (tertiary/aromatic N) is 3. The maximum absolute atomic E-state index is 6.39. The van der Waals surface area contributed by atoms with Gasteiger partial charge in [0.1, 0.15) is 11.2 Å². The van der Waals surface area contributed by atoms with Crippen LogP contribution in [0.1, 0.15) is 22.3 Å². The molecule has 0 saturated heterocycles. The second-order valence-electron chi connectivity index (χ2n) is 16.2. The van der Waals surface area contributed by atoms with Crippen LogP contribution in [0.15, 0.2) is 217 Å². The third-order valence-corrected chi connectivity index (χ3v) is 14.1. The van der Waals surface area contributed by atoms with Crippen molar-refractivity contribution in [2.45, 2.75) is 5.41 Å². The Hall–Kier alpha value is -7.99. The lowest BCUT2D eigenvalue weighted by Gasteiger charge is -2.33. The number of hydrogen-bond acceptors (Lipinski definition) is 5. The Bertz CT molecular complexity index is 3720. The van der Waals surface area contributed by atoms with Gasteiger partial charge in [0.25, 0.3) is 0 Å². The average Bonchev–Trinajstić information content (AvgIpc) is 4.03. The first-order valence-corrected chi connectivity index (χ1v) is 22.1. The van der Waals surface area contributed by atoms with E-state index in [0.717, 1.165) is 60.0 Å². The van der Waals surface area contributed by atoms with Crippen molar-refractivity contribution in [1.82, 2.24) is 15.0 Å². The van der Waals surface area contributed by atoms with Gasteiger partial charge in [-0.2, -0.15) is 0 Å². The third kappa shape index (κ3) is 5.30. The number of furan rings is 1. The van der Waals surface area contributed by atoms with E-state index in [4.69, 9.17) is 19.4 Å². The lowest BCUT2D eigenvalue weighted by Crippen LogP contribution is -2.28. The average molecular weight is 822 g/mol. The number of hydrogen-bond donors (Lipinski definition) is 0. The molecular weight excluding hydrogens is 787 g/mol. The molecule has 0 N–H and O–H groups in total. The van der Waals surface area contributed by atoms with Crippen molar-refractivity contribution < 1.29 is 4.42 Å². The maximum Gasteiger partial charge on any atom is 0.165 e. The Morgan fingerprint density at radius 2 is 0.857 bits per heavy atom. The van der Waals surface area contributed by atoms with E-state index in [9.17, 15) is 0 Å². The molecule has 5 heteroatoms. The third-order valence-electron chi connectivity index (χ3n) is 12.9. The summed E-state index contributed by atoms with van der Waals surface area (Å²) < 4.78 is 8.78. The number of para-hydroxylation sites is 1. The lowest BCUT2D eigenvalue weighted by atomic mass is 9.67. The van der Waals surface area contributed by atoms with Crippen molar-refractivity contribution in [3.05, 3.63) is 235 Å². The van der Waals surface area contributed by atoms with Crippen LogP contribution >= 0.6 is 11.3 Å². The van der Waals surface area contributed by atoms with Gasteiger partial charge in [-0.3, -0.25) is 0 Å². The SMILES string of the molecule is c1ccc(C2(c3ccccc3)c3ccccc3-c3c(-c4nc(-c5ccccc5-c5cccc6oc7ccccc7c56)nc(-c5cccc6c5sc5ccccc56)n4)cccc32)cc1. The molecule has 12 aromatic rings. The summed E-state index contributed by atoms with van der Waals surface area (Å²) in [5.74, 6) is 1.86. The van der Waals surface area contributed by atoms with Gasteiger partial charge in [-0.05, 0) is 68.8 Å². The largest absolute Gasteiger partial charge is 0.456 e. The smallest absolute Gasteiger partial charge is 0.165 e. The molecule has 0 unspecified atom stereocenters. The molecule has 4 nitrogen and oxygen atoms in total. The molecule has 1 aliphatic carbocycles. The Labute approximate surface area is 367 Å². The van der Waals surface area contributed by atoms with Crippen LogP contribution in [0, 0.1) is 0 Å². The summed E-state index contributed by atoms with van der Waals surface area (Å²) in [7, 11) is 0. The van der Waals surface area contributed by atoms with Crippen molar-refractivity contribution in [1.29, 1.82) is 0 Å². The highest BCUT2D eigenvalue weighted by molar-refractivity contribution is 7.26. The highest BCUT2D eigenvalue weighted by Gasteiger charge is 2.47. The molecule has 0 bridgehead atoms. The van der Waals surface area contributed by atoms with Crippen molar-refractivity contribution in [2.24, 2.45) is 0 Å². The zero-order valence-corrected chi connectivity index (χ0v) is 34.7. The second-order valence-corrected chi connectivity index (χ2v) is 17.2. The molecule has 9 aromatic carbocycles. The van der Waals surface area contributed by atoms with E-state index in [-0.39, 0.29) is 0 Å². The Morgan fingerprint density at radius 1 is 0.349 bits per heavy atom. The van der Waals surface area contributed by atoms with Crippen molar-refractivity contribution >= 4 is 53.4 Å². The van der Waals surface area contributed by atoms with Crippen LogP contribution in [-0.4, -0.2) is 15.0 Å². The quantitative estimate of drug-likeness (QED) is 0.168. The van der Waals surface area contributed by atoms with Gasteiger partial charge >= 0.3 is 0 Å². The number of aromatic nitrogens is 3. The van der Waals surface area contributed by atoms with Gasteiger partial charge in [-0.1, -0.05) is 188 Å². The van der Waals surface area contributed by atoms with Gasteiger partial charge in [-0.15, -0.1) is 11.3 Å². The van der Waals surface area contributed by atoms with Gasteiger partial charge in [-0.25, -0.2) is 15.0 Å². The van der Waals surface area contributed by atoms with Gasteiger partial charge in [0, 0.05) is 47.6 Å². The minimum atomic E-state index is -0.565. The normalized spacial score (nSPS) is 12.9. The zero-order chi connectivity index (χ0) is 41.5. The van der Waals surface area contributed by atoms with E-state index in [2.05, 4.69) is 194 Å². The Morgan fingerprint density at radius 3 is 1.65 bits per heavy atom. The van der Waals surface area contributed by atoms with Crippen molar-refractivity contribution in [3.8, 4) is 56.4 Å². The molecule has 0 radical (unpaired) electrons. The van der Waals surface area contributed by atoms with Gasteiger partial charge in [0.05, 0.1) is 5.41 Å². The molecule has 0 saturated carbocycles. The van der Waals surface area contributed by atoms with Crippen LogP contribution < -0.4 is 0 Å². The molecule has 1 aliphatic rings. The molecule has 63 heavy (non-hydrogen) atoms. The van der Waals surface area contributed by atoms with Gasteiger partial charge in [0.15, 0.2) is 17.5 Å². The van der Waals surface area contributed by atoms with Crippen LogP contribution in [0.2, 0.25) is 0 Å². The van der Waals surface area contributed by atoms with Crippen LogP contribution in [0.3, 0.4) is 0 Å². The predicted octanol–water partition coefficient (Wildman–Crippen LogP) is 15.2. The summed E-state index contributed by atoms with van der Waals surface area (Å²) >= 11 is 1.78. The number of thiophene rings is 1. The van der Waals surface area contributed by atoms with Crippen LogP contribution in [0.25, 0.3) is 98.5 Å². The first kappa shape index (κ1) is 35.7. The number of fused-ring (bicyclic) bond motifs is 9. The summed E-state index contributed by atoms with van der Waals surface area (Å²) in [6, 6.07) is 75.5. The maximum atomic E-state index is 6.39. The minimum absolute atomic E-state index is 0.565. The van der Waals surface area contributed by atoms with E-state index >= 15 is 0 Å².